The Balaban J connectivity index is 3.32. The molecule has 0 saturated heterocycles. The number of carbonyl (C=O) groups excluding carboxylic acids is 1. The normalized spacial score (nSPS) is 11.7. The predicted molar refractivity (Wildman–Crippen MR) is 46.3 cm³/mol. The maximum Gasteiger partial charge on any atom is 0.573 e. The lowest BCUT2D eigenvalue weighted by Gasteiger charge is -2.13. The summed E-state index contributed by atoms with van der Waals surface area (Å²) in [5.41, 5.74) is -1.76. The molecule has 9 heteroatoms. The molecule has 1 aromatic rings. The van der Waals surface area contributed by atoms with Crippen molar-refractivity contribution in [1.82, 2.24) is 4.98 Å². The average molecular weight is 276 g/mol. The van der Waals surface area contributed by atoms with E-state index in [0.29, 0.717) is 6.20 Å². The van der Waals surface area contributed by atoms with Crippen molar-refractivity contribution in [3.63, 3.8) is 0 Å². The first-order chi connectivity index (χ1) is 7.76. The van der Waals surface area contributed by atoms with Crippen molar-refractivity contribution in [2.75, 3.05) is 0 Å². The third kappa shape index (κ3) is 3.26. The lowest BCUT2D eigenvalue weighted by atomic mass is 10.2. The van der Waals surface area contributed by atoms with E-state index in [-0.39, 0.29) is 6.29 Å². The number of aldehydes is 1. The van der Waals surface area contributed by atoms with Crippen LogP contribution in [-0.4, -0.2) is 17.6 Å². The first-order valence-corrected chi connectivity index (χ1v) is 4.31. The maximum absolute atomic E-state index is 12.3. The van der Waals surface area contributed by atoms with E-state index in [1.807, 2.05) is 0 Å². The molecule has 0 saturated carbocycles. The summed E-state index contributed by atoms with van der Waals surface area (Å²) in [4.78, 5) is 13.5. The standard InChI is InChI=1S/C8H3ClF5NO2/c9-5-3(7(10)11)1-15-4(2-16)6(5)17-8(12,13)14/h1-2,7H. The van der Waals surface area contributed by atoms with Crippen LogP contribution in [0.4, 0.5) is 22.0 Å². The van der Waals surface area contributed by atoms with Crippen LogP contribution in [-0.2, 0) is 0 Å². The molecule has 0 aliphatic carbocycles. The van der Waals surface area contributed by atoms with Crippen LogP contribution in [0.2, 0.25) is 5.02 Å². The molecular weight excluding hydrogens is 273 g/mol. The van der Waals surface area contributed by atoms with Crippen LogP contribution in [0, 0.1) is 0 Å². The molecule has 0 bridgehead atoms. The van der Waals surface area contributed by atoms with Gasteiger partial charge in [0.05, 0.1) is 10.6 Å². The Bertz CT molecular complexity index is 435. The molecule has 0 N–H and O–H groups in total. The summed E-state index contributed by atoms with van der Waals surface area (Å²) in [5.74, 6) is -1.23. The van der Waals surface area contributed by atoms with Crippen molar-refractivity contribution >= 4 is 17.9 Å². The Morgan fingerprint density at radius 2 is 2.00 bits per heavy atom. The van der Waals surface area contributed by atoms with E-state index in [9.17, 15) is 26.7 Å². The first-order valence-electron chi connectivity index (χ1n) is 3.93. The van der Waals surface area contributed by atoms with Crippen molar-refractivity contribution < 1.29 is 31.5 Å². The summed E-state index contributed by atoms with van der Waals surface area (Å²) in [6.07, 6.45) is -7.86. The highest BCUT2D eigenvalue weighted by atomic mass is 35.5. The summed E-state index contributed by atoms with van der Waals surface area (Å²) < 4.78 is 63.9. The molecule has 94 valence electrons. The van der Waals surface area contributed by atoms with Gasteiger partial charge in [-0.05, 0) is 0 Å². The smallest absolute Gasteiger partial charge is 0.402 e. The molecule has 0 unspecified atom stereocenters. The number of hydrogen-bond acceptors (Lipinski definition) is 3. The largest absolute Gasteiger partial charge is 0.573 e. The topological polar surface area (TPSA) is 39.2 Å². The molecule has 0 aliphatic rings. The first kappa shape index (κ1) is 13.6. The lowest BCUT2D eigenvalue weighted by Crippen LogP contribution is -2.19. The summed E-state index contributed by atoms with van der Waals surface area (Å²) in [6.45, 7) is 0. The van der Waals surface area contributed by atoms with Gasteiger partial charge < -0.3 is 4.74 Å². The molecule has 1 aromatic heterocycles. The van der Waals surface area contributed by atoms with Gasteiger partial charge in [-0.1, -0.05) is 11.6 Å². The predicted octanol–water partition coefficient (Wildman–Crippen LogP) is 3.38. The van der Waals surface area contributed by atoms with Gasteiger partial charge >= 0.3 is 6.36 Å². The van der Waals surface area contributed by atoms with Crippen LogP contribution in [0.1, 0.15) is 22.5 Å². The van der Waals surface area contributed by atoms with Gasteiger partial charge in [-0.15, -0.1) is 13.2 Å². The Kier molecular flexibility index (Phi) is 3.87. The zero-order chi connectivity index (χ0) is 13.2. The van der Waals surface area contributed by atoms with Gasteiger partial charge in [0.1, 0.15) is 5.69 Å². The molecule has 0 aliphatic heterocycles. The molecular formula is C8H3ClF5NO2. The number of rotatable bonds is 3. The van der Waals surface area contributed by atoms with Gasteiger partial charge in [-0.25, -0.2) is 13.8 Å². The van der Waals surface area contributed by atoms with Crippen molar-refractivity contribution in [1.29, 1.82) is 0 Å². The molecule has 0 amide bonds. The van der Waals surface area contributed by atoms with Crippen LogP contribution in [0.5, 0.6) is 5.75 Å². The van der Waals surface area contributed by atoms with Crippen LogP contribution >= 0.6 is 11.6 Å². The lowest BCUT2D eigenvalue weighted by molar-refractivity contribution is -0.274. The Morgan fingerprint density at radius 1 is 1.41 bits per heavy atom. The number of carbonyl (C=O) groups is 1. The van der Waals surface area contributed by atoms with Crippen LogP contribution < -0.4 is 4.74 Å². The van der Waals surface area contributed by atoms with Gasteiger partial charge in [0.2, 0.25) is 0 Å². The van der Waals surface area contributed by atoms with E-state index < -0.39 is 34.8 Å². The molecule has 17 heavy (non-hydrogen) atoms. The van der Waals surface area contributed by atoms with E-state index >= 15 is 0 Å². The highest BCUT2D eigenvalue weighted by Crippen LogP contribution is 2.37. The van der Waals surface area contributed by atoms with Gasteiger partial charge in [-0.3, -0.25) is 4.79 Å². The fraction of sp³-hybridized carbons (Fsp3) is 0.250. The Hall–Kier alpha value is -1.44. The fourth-order valence-electron chi connectivity index (χ4n) is 0.947. The third-order valence-electron chi connectivity index (χ3n) is 1.59. The van der Waals surface area contributed by atoms with Crippen molar-refractivity contribution in [3.05, 3.63) is 22.5 Å². The quantitative estimate of drug-likeness (QED) is 0.627. The van der Waals surface area contributed by atoms with Crippen molar-refractivity contribution in [3.8, 4) is 5.75 Å². The van der Waals surface area contributed by atoms with Crippen LogP contribution in [0.25, 0.3) is 0 Å². The molecule has 0 aromatic carbocycles. The summed E-state index contributed by atoms with van der Waals surface area (Å²) >= 11 is 5.29. The minimum Gasteiger partial charge on any atom is -0.402 e. The van der Waals surface area contributed by atoms with Gasteiger partial charge in [0.25, 0.3) is 6.43 Å². The number of aromatic nitrogens is 1. The number of alkyl halides is 5. The van der Waals surface area contributed by atoms with Crippen LogP contribution in [0.15, 0.2) is 6.20 Å². The average Bonchev–Trinajstić information content (AvgIpc) is 2.18. The summed E-state index contributed by atoms with van der Waals surface area (Å²) in [5, 5.41) is -0.991. The summed E-state index contributed by atoms with van der Waals surface area (Å²) in [6, 6.07) is 0. The van der Waals surface area contributed by atoms with Gasteiger partial charge in [-0.2, -0.15) is 0 Å². The van der Waals surface area contributed by atoms with E-state index in [0.717, 1.165) is 0 Å². The SMILES string of the molecule is O=Cc1ncc(C(F)F)c(Cl)c1OC(F)(F)F. The van der Waals surface area contributed by atoms with Crippen molar-refractivity contribution in [2.45, 2.75) is 12.8 Å². The molecule has 1 rings (SSSR count). The van der Waals surface area contributed by atoms with Gasteiger partial charge in [0.15, 0.2) is 12.0 Å². The zero-order valence-corrected chi connectivity index (χ0v) is 8.52. The maximum atomic E-state index is 12.3. The highest BCUT2D eigenvalue weighted by Gasteiger charge is 2.34. The van der Waals surface area contributed by atoms with E-state index in [1.54, 1.807) is 0 Å². The number of halogens is 6. The summed E-state index contributed by atoms with van der Waals surface area (Å²) in [7, 11) is 0. The molecule has 0 spiro atoms. The second-order valence-corrected chi connectivity index (χ2v) is 3.09. The third-order valence-corrected chi connectivity index (χ3v) is 1.98. The van der Waals surface area contributed by atoms with Gasteiger partial charge in [0, 0.05) is 6.20 Å². The molecule has 0 fully saturated rings. The van der Waals surface area contributed by atoms with Crippen molar-refractivity contribution in [2.24, 2.45) is 0 Å². The Morgan fingerprint density at radius 3 is 2.41 bits per heavy atom. The van der Waals surface area contributed by atoms with E-state index in [2.05, 4.69) is 9.72 Å². The van der Waals surface area contributed by atoms with E-state index in [4.69, 9.17) is 11.6 Å². The molecule has 3 nitrogen and oxygen atoms in total. The zero-order valence-electron chi connectivity index (χ0n) is 7.76. The molecule has 1 heterocycles. The number of pyridine rings is 1. The monoisotopic (exact) mass is 275 g/mol. The minimum atomic E-state index is -5.16. The second kappa shape index (κ2) is 4.82. The molecule has 0 atom stereocenters. The molecule has 0 radical (unpaired) electrons. The highest BCUT2D eigenvalue weighted by molar-refractivity contribution is 6.33. The Labute approximate surface area is 96.2 Å². The number of nitrogens with zero attached hydrogens (tertiary/aromatic N) is 1. The fourth-order valence-corrected chi connectivity index (χ4v) is 1.21. The number of ether oxygens (including phenoxy) is 1. The number of hydrogen-bond donors (Lipinski definition) is 0. The van der Waals surface area contributed by atoms with Crippen LogP contribution in [0.3, 0.4) is 0 Å². The minimum absolute atomic E-state index is 0.0811. The van der Waals surface area contributed by atoms with E-state index in [1.165, 1.54) is 0 Å². The second-order valence-electron chi connectivity index (χ2n) is 2.71.